The van der Waals surface area contributed by atoms with Crippen molar-refractivity contribution in [1.82, 2.24) is 10.6 Å². The van der Waals surface area contributed by atoms with E-state index in [1.807, 2.05) is 0 Å². The number of rotatable bonds is 10. The lowest BCUT2D eigenvalue weighted by atomic mass is 10.3. The van der Waals surface area contributed by atoms with E-state index in [-0.39, 0.29) is 0 Å². The summed E-state index contributed by atoms with van der Waals surface area (Å²) in [6.45, 7) is 5.68. The Morgan fingerprint density at radius 1 is 1.25 bits per heavy atom. The first kappa shape index (κ1) is 17.0. The molecule has 5 heteroatoms. The van der Waals surface area contributed by atoms with Gasteiger partial charge in [0.2, 0.25) is 0 Å². The second kappa shape index (κ2) is 11.7. The van der Waals surface area contributed by atoms with E-state index < -0.39 is 0 Å². The Labute approximate surface area is 126 Å². The molecule has 0 unspecified atom stereocenters. The lowest BCUT2D eigenvalue weighted by molar-refractivity contribution is 0.129. The number of nitrogens with zero attached hydrogens (tertiary/aromatic N) is 1. The number of hydrogen-bond acceptors (Lipinski definition) is 3. The smallest absolute Gasteiger partial charge is 0.190 e. The zero-order chi connectivity index (χ0) is 14.5. The van der Waals surface area contributed by atoms with Gasteiger partial charge in [-0.2, -0.15) is 0 Å². The molecule has 4 nitrogen and oxygen atoms in total. The van der Waals surface area contributed by atoms with Crippen LogP contribution < -0.4 is 10.6 Å². The minimum Gasteiger partial charge on any atom is -0.381 e. The van der Waals surface area contributed by atoms with Crippen LogP contribution in [0.15, 0.2) is 22.5 Å². The first-order chi connectivity index (χ1) is 9.86. The summed E-state index contributed by atoms with van der Waals surface area (Å²) < 4.78 is 5.52. The van der Waals surface area contributed by atoms with Gasteiger partial charge in [0.1, 0.15) is 0 Å². The SMILES string of the molecule is CCCCOCCCNC(=NC)NCCc1cccs1. The van der Waals surface area contributed by atoms with E-state index in [9.17, 15) is 0 Å². The fourth-order valence-electron chi connectivity index (χ4n) is 1.71. The zero-order valence-electron chi connectivity index (χ0n) is 12.7. The van der Waals surface area contributed by atoms with Crippen LogP contribution in [-0.2, 0) is 11.2 Å². The molecule has 0 atom stereocenters. The Hall–Kier alpha value is -1.07. The molecule has 1 aromatic rings. The van der Waals surface area contributed by atoms with Crippen LogP contribution in [0.5, 0.6) is 0 Å². The van der Waals surface area contributed by atoms with E-state index in [0.717, 1.165) is 51.5 Å². The van der Waals surface area contributed by atoms with Gasteiger partial charge in [-0.25, -0.2) is 0 Å². The summed E-state index contributed by atoms with van der Waals surface area (Å²) in [6, 6.07) is 4.25. The van der Waals surface area contributed by atoms with Gasteiger partial charge in [0.05, 0.1) is 0 Å². The maximum absolute atomic E-state index is 5.52. The van der Waals surface area contributed by atoms with Crippen molar-refractivity contribution >= 4 is 17.3 Å². The molecule has 0 saturated heterocycles. The van der Waals surface area contributed by atoms with Gasteiger partial charge in [-0.05, 0) is 30.7 Å². The third-order valence-electron chi connectivity index (χ3n) is 2.87. The van der Waals surface area contributed by atoms with Gasteiger partial charge < -0.3 is 15.4 Å². The van der Waals surface area contributed by atoms with Crippen LogP contribution in [0.4, 0.5) is 0 Å². The average molecular weight is 297 g/mol. The Kier molecular flexibility index (Phi) is 9.96. The van der Waals surface area contributed by atoms with Gasteiger partial charge in [0.25, 0.3) is 0 Å². The molecule has 1 rings (SSSR count). The van der Waals surface area contributed by atoms with Crippen LogP contribution in [0.3, 0.4) is 0 Å². The van der Waals surface area contributed by atoms with E-state index in [2.05, 4.69) is 40.1 Å². The summed E-state index contributed by atoms with van der Waals surface area (Å²) in [7, 11) is 1.80. The molecule has 0 aliphatic heterocycles. The molecule has 0 radical (unpaired) electrons. The lowest BCUT2D eigenvalue weighted by Gasteiger charge is -2.11. The van der Waals surface area contributed by atoms with E-state index in [4.69, 9.17) is 4.74 Å². The Morgan fingerprint density at radius 2 is 2.05 bits per heavy atom. The summed E-state index contributed by atoms with van der Waals surface area (Å²) in [6.07, 6.45) is 4.40. The van der Waals surface area contributed by atoms with Crippen molar-refractivity contribution < 1.29 is 4.74 Å². The van der Waals surface area contributed by atoms with Crippen LogP contribution in [0.1, 0.15) is 31.1 Å². The fraction of sp³-hybridized carbons (Fsp3) is 0.667. The summed E-state index contributed by atoms with van der Waals surface area (Å²) in [4.78, 5) is 5.61. The van der Waals surface area contributed by atoms with Gasteiger partial charge >= 0.3 is 0 Å². The normalized spacial score (nSPS) is 11.6. The van der Waals surface area contributed by atoms with Crippen LogP contribution in [0.25, 0.3) is 0 Å². The van der Waals surface area contributed by atoms with Crippen molar-refractivity contribution in [1.29, 1.82) is 0 Å². The molecule has 0 aliphatic carbocycles. The summed E-state index contributed by atoms with van der Waals surface area (Å²) in [5.74, 6) is 0.870. The molecular formula is C15H27N3OS. The Balaban J connectivity index is 1.99. The third-order valence-corrected chi connectivity index (χ3v) is 3.80. The number of unbranched alkanes of at least 4 members (excludes halogenated alkanes) is 1. The van der Waals surface area contributed by atoms with Gasteiger partial charge in [-0.1, -0.05) is 19.4 Å². The molecule has 114 valence electrons. The first-order valence-corrected chi connectivity index (χ1v) is 8.29. The third kappa shape index (κ3) is 8.17. The summed E-state index contributed by atoms with van der Waals surface area (Å²) >= 11 is 1.80. The minimum absolute atomic E-state index is 0.819. The predicted molar refractivity (Wildman–Crippen MR) is 87.7 cm³/mol. The minimum atomic E-state index is 0.819. The van der Waals surface area contributed by atoms with Crippen molar-refractivity contribution in [2.75, 3.05) is 33.4 Å². The number of nitrogens with one attached hydrogen (secondary N) is 2. The second-order valence-electron chi connectivity index (χ2n) is 4.57. The van der Waals surface area contributed by atoms with E-state index in [1.54, 1.807) is 18.4 Å². The zero-order valence-corrected chi connectivity index (χ0v) is 13.5. The molecule has 0 fully saturated rings. The quantitative estimate of drug-likeness (QED) is 0.396. The largest absolute Gasteiger partial charge is 0.381 e. The average Bonchev–Trinajstić information content (AvgIpc) is 2.97. The number of aliphatic imine (C=N–C) groups is 1. The van der Waals surface area contributed by atoms with Gasteiger partial charge in [-0.15, -0.1) is 11.3 Å². The van der Waals surface area contributed by atoms with Crippen molar-refractivity contribution in [2.45, 2.75) is 32.6 Å². The predicted octanol–water partition coefficient (Wildman–Crippen LogP) is 2.66. The number of ether oxygens (including phenoxy) is 1. The van der Waals surface area contributed by atoms with Crippen molar-refractivity contribution in [3.05, 3.63) is 22.4 Å². The number of thiophene rings is 1. The monoisotopic (exact) mass is 297 g/mol. The number of guanidine groups is 1. The van der Waals surface area contributed by atoms with Crippen LogP contribution in [0, 0.1) is 0 Å². The van der Waals surface area contributed by atoms with Gasteiger partial charge in [0.15, 0.2) is 5.96 Å². The van der Waals surface area contributed by atoms with Crippen molar-refractivity contribution in [3.8, 4) is 0 Å². The molecule has 20 heavy (non-hydrogen) atoms. The molecule has 0 amide bonds. The maximum Gasteiger partial charge on any atom is 0.190 e. The van der Waals surface area contributed by atoms with Crippen molar-refractivity contribution in [3.63, 3.8) is 0 Å². The highest BCUT2D eigenvalue weighted by molar-refractivity contribution is 7.09. The molecule has 1 aromatic heterocycles. The van der Waals surface area contributed by atoms with Crippen LogP contribution in [0.2, 0.25) is 0 Å². The van der Waals surface area contributed by atoms with E-state index in [1.165, 1.54) is 11.3 Å². The van der Waals surface area contributed by atoms with Gasteiger partial charge in [-0.3, -0.25) is 4.99 Å². The number of hydrogen-bond donors (Lipinski definition) is 2. The Morgan fingerprint density at radius 3 is 2.75 bits per heavy atom. The first-order valence-electron chi connectivity index (χ1n) is 7.41. The Bertz CT molecular complexity index is 352. The highest BCUT2D eigenvalue weighted by atomic mass is 32.1. The second-order valence-corrected chi connectivity index (χ2v) is 5.61. The molecule has 0 aromatic carbocycles. The molecule has 0 saturated carbocycles. The highest BCUT2D eigenvalue weighted by Crippen LogP contribution is 2.07. The van der Waals surface area contributed by atoms with E-state index in [0.29, 0.717) is 0 Å². The highest BCUT2D eigenvalue weighted by Gasteiger charge is 1.98. The molecule has 0 bridgehead atoms. The van der Waals surface area contributed by atoms with Gasteiger partial charge in [0, 0.05) is 38.2 Å². The standard InChI is InChI=1S/C15H27N3OS/c1-3-4-11-19-12-6-9-17-15(16-2)18-10-8-14-7-5-13-20-14/h5,7,13H,3-4,6,8-12H2,1-2H3,(H2,16,17,18). The maximum atomic E-state index is 5.52. The van der Waals surface area contributed by atoms with E-state index >= 15 is 0 Å². The molecule has 0 spiro atoms. The van der Waals surface area contributed by atoms with Crippen LogP contribution >= 0.6 is 11.3 Å². The summed E-state index contributed by atoms with van der Waals surface area (Å²) in [5, 5.41) is 8.74. The fourth-order valence-corrected chi connectivity index (χ4v) is 2.42. The lowest BCUT2D eigenvalue weighted by Crippen LogP contribution is -2.38. The summed E-state index contributed by atoms with van der Waals surface area (Å²) in [5.41, 5.74) is 0. The molecule has 0 aliphatic rings. The molecule has 1 heterocycles. The van der Waals surface area contributed by atoms with Crippen molar-refractivity contribution in [2.24, 2.45) is 4.99 Å². The molecular weight excluding hydrogens is 270 g/mol. The molecule has 2 N–H and O–H groups in total. The van der Waals surface area contributed by atoms with Crippen LogP contribution in [-0.4, -0.2) is 39.3 Å². The topological polar surface area (TPSA) is 45.6 Å².